The van der Waals surface area contributed by atoms with E-state index in [0.29, 0.717) is 16.4 Å². The number of carbonyl (C=O) groups is 2. The van der Waals surface area contributed by atoms with Gasteiger partial charge in [-0.2, -0.15) is 5.10 Å². The number of aryl methyl sites for hydroxylation is 3. The van der Waals surface area contributed by atoms with Gasteiger partial charge in [-0.1, -0.05) is 23.7 Å². The first-order valence-electron chi connectivity index (χ1n) is 6.55. The van der Waals surface area contributed by atoms with E-state index >= 15 is 0 Å². The maximum Gasteiger partial charge on any atom is 0.299 e. The summed E-state index contributed by atoms with van der Waals surface area (Å²) < 4.78 is 1.56. The van der Waals surface area contributed by atoms with E-state index in [0.717, 1.165) is 16.8 Å². The highest BCUT2D eigenvalue weighted by atomic mass is 35.5. The molecule has 2 heterocycles. The molecule has 1 aromatic carbocycles. The minimum Gasteiger partial charge on any atom is -0.300 e. The lowest BCUT2D eigenvalue weighted by Gasteiger charge is -2.18. The minimum atomic E-state index is -0.515. The molecule has 0 unspecified atom stereocenters. The highest BCUT2D eigenvalue weighted by Crippen LogP contribution is 2.34. The van der Waals surface area contributed by atoms with Crippen LogP contribution in [-0.4, -0.2) is 21.5 Å². The summed E-state index contributed by atoms with van der Waals surface area (Å²) in [6.07, 6.45) is 0. The second kappa shape index (κ2) is 4.70. The summed E-state index contributed by atoms with van der Waals surface area (Å²) in [6.45, 7) is 3.97. The number of carbonyl (C=O) groups excluding carboxylic acids is 2. The van der Waals surface area contributed by atoms with Gasteiger partial charge in [0.25, 0.3) is 11.7 Å². The maximum absolute atomic E-state index is 12.3. The molecule has 1 aliphatic heterocycles. The first kappa shape index (κ1) is 13.8. The van der Waals surface area contributed by atoms with E-state index in [4.69, 9.17) is 11.6 Å². The minimum absolute atomic E-state index is 0.251. The summed E-state index contributed by atoms with van der Waals surface area (Å²) in [6, 6.07) is 5.35. The molecular weight excluding hydrogens is 290 g/mol. The van der Waals surface area contributed by atoms with Crippen molar-refractivity contribution in [2.24, 2.45) is 7.05 Å². The third-order valence-corrected chi connectivity index (χ3v) is 4.25. The van der Waals surface area contributed by atoms with Crippen molar-refractivity contribution in [2.45, 2.75) is 20.4 Å². The summed E-state index contributed by atoms with van der Waals surface area (Å²) in [4.78, 5) is 25.8. The molecule has 0 spiro atoms. The van der Waals surface area contributed by atoms with Crippen molar-refractivity contribution in [3.63, 3.8) is 0 Å². The lowest BCUT2D eigenvalue weighted by Crippen LogP contribution is -2.29. The zero-order valence-electron chi connectivity index (χ0n) is 12.0. The average molecular weight is 304 g/mol. The molecule has 0 atom stereocenters. The zero-order chi connectivity index (χ0) is 15.3. The Morgan fingerprint density at radius 1 is 1.24 bits per heavy atom. The van der Waals surface area contributed by atoms with Crippen LogP contribution in [0, 0.1) is 13.8 Å². The van der Waals surface area contributed by atoms with E-state index in [-0.39, 0.29) is 6.54 Å². The number of halogens is 1. The van der Waals surface area contributed by atoms with Crippen LogP contribution in [0.2, 0.25) is 5.15 Å². The van der Waals surface area contributed by atoms with Crippen molar-refractivity contribution in [2.75, 3.05) is 4.90 Å². The van der Waals surface area contributed by atoms with E-state index in [1.54, 1.807) is 23.9 Å². The predicted octanol–water partition coefficient (Wildman–Crippen LogP) is 2.42. The van der Waals surface area contributed by atoms with Crippen LogP contribution < -0.4 is 4.90 Å². The van der Waals surface area contributed by atoms with Gasteiger partial charge >= 0.3 is 0 Å². The van der Waals surface area contributed by atoms with Gasteiger partial charge in [0.05, 0.1) is 23.5 Å². The molecule has 1 aliphatic rings. The quantitative estimate of drug-likeness (QED) is 0.801. The predicted molar refractivity (Wildman–Crippen MR) is 79.7 cm³/mol. The number of amides is 1. The van der Waals surface area contributed by atoms with Gasteiger partial charge in [-0.05, 0) is 25.5 Å². The lowest BCUT2D eigenvalue weighted by molar-refractivity contribution is -0.114. The van der Waals surface area contributed by atoms with Gasteiger partial charge in [0.2, 0.25) is 0 Å². The van der Waals surface area contributed by atoms with Crippen LogP contribution in [0.5, 0.6) is 0 Å². The van der Waals surface area contributed by atoms with Crippen LogP contribution in [0.4, 0.5) is 5.69 Å². The van der Waals surface area contributed by atoms with Crippen molar-refractivity contribution in [1.29, 1.82) is 0 Å². The molecule has 0 N–H and O–H groups in total. The molecule has 0 radical (unpaired) electrons. The van der Waals surface area contributed by atoms with Gasteiger partial charge in [0, 0.05) is 12.6 Å². The molecule has 2 aromatic rings. The highest BCUT2D eigenvalue weighted by Gasteiger charge is 2.37. The van der Waals surface area contributed by atoms with Crippen molar-refractivity contribution in [3.8, 4) is 0 Å². The Balaban J connectivity index is 2.08. The number of Topliss-reactive ketones (excluding diaryl/α,β-unsaturated/α-hetero) is 1. The van der Waals surface area contributed by atoms with Gasteiger partial charge in [0.15, 0.2) is 0 Å². The zero-order valence-corrected chi connectivity index (χ0v) is 12.7. The largest absolute Gasteiger partial charge is 0.300 e. The number of benzene rings is 1. The van der Waals surface area contributed by atoms with Crippen molar-refractivity contribution in [3.05, 3.63) is 45.7 Å². The van der Waals surface area contributed by atoms with Crippen molar-refractivity contribution < 1.29 is 9.59 Å². The Morgan fingerprint density at radius 3 is 2.57 bits per heavy atom. The van der Waals surface area contributed by atoms with Gasteiger partial charge in [-0.25, -0.2) is 0 Å². The average Bonchev–Trinajstić information content (AvgIpc) is 2.83. The molecule has 0 bridgehead atoms. The smallest absolute Gasteiger partial charge is 0.299 e. The Kier molecular flexibility index (Phi) is 3.10. The Labute approximate surface area is 127 Å². The SMILES string of the molecule is Cc1cccc2c1N(Cc1c(C)nn(C)c1Cl)C(=O)C2=O. The number of anilines is 1. The molecule has 21 heavy (non-hydrogen) atoms. The fraction of sp³-hybridized carbons (Fsp3) is 0.267. The van der Waals surface area contributed by atoms with Crippen molar-refractivity contribution >= 4 is 29.0 Å². The highest BCUT2D eigenvalue weighted by molar-refractivity contribution is 6.52. The molecule has 6 heteroatoms. The van der Waals surface area contributed by atoms with Gasteiger partial charge in [-0.3, -0.25) is 19.2 Å². The van der Waals surface area contributed by atoms with Crippen LogP contribution in [0.1, 0.15) is 27.2 Å². The summed E-state index contributed by atoms with van der Waals surface area (Å²) in [5.74, 6) is -0.981. The summed E-state index contributed by atoms with van der Waals surface area (Å²) in [5.41, 5.74) is 3.54. The van der Waals surface area contributed by atoms with E-state index in [1.807, 2.05) is 19.9 Å². The Bertz CT molecular complexity index is 779. The number of para-hydroxylation sites is 1. The fourth-order valence-corrected chi connectivity index (χ4v) is 2.94. The number of ketones is 1. The van der Waals surface area contributed by atoms with Crippen LogP contribution in [0.15, 0.2) is 18.2 Å². The first-order chi connectivity index (χ1) is 9.91. The lowest BCUT2D eigenvalue weighted by atomic mass is 10.1. The van der Waals surface area contributed by atoms with Gasteiger partial charge < -0.3 is 0 Å². The van der Waals surface area contributed by atoms with Crippen LogP contribution in [0.25, 0.3) is 0 Å². The molecule has 0 aliphatic carbocycles. The molecule has 0 saturated heterocycles. The third kappa shape index (κ3) is 1.96. The topological polar surface area (TPSA) is 55.2 Å². The van der Waals surface area contributed by atoms with E-state index in [9.17, 15) is 9.59 Å². The summed E-state index contributed by atoms with van der Waals surface area (Å²) >= 11 is 6.22. The summed E-state index contributed by atoms with van der Waals surface area (Å²) in [5, 5.41) is 4.72. The standard InChI is InChI=1S/C15H14ClN3O2/c1-8-5-4-6-10-12(8)19(15(21)13(10)20)7-11-9(2)17-18(3)14(11)16/h4-6H,7H2,1-3H3. The van der Waals surface area contributed by atoms with E-state index in [1.165, 1.54) is 4.90 Å². The number of fused-ring (bicyclic) bond motifs is 1. The van der Waals surface area contributed by atoms with E-state index in [2.05, 4.69) is 5.10 Å². The number of hydrogen-bond acceptors (Lipinski definition) is 3. The molecule has 1 aromatic heterocycles. The van der Waals surface area contributed by atoms with Gasteiger partial charge in [-0.15, -0.1) is 0 Å². The number of rotatable bonds is 2. The Morgan fingerprint density at radius 2 is 1.95 bits per heavy atom. The van der Waals surface area contributed by atoms with Crippen LogP contribution in [-0.2, 0) is 18.4 Å². The molecule has 0 fully saturated rings. The maximum atomic E-state index is 12.3. The second-order valence-electron chi connectivity index (χ2n) is 5.17. The molecule has 1 amide bonds. The van der Waals surface area contributed by atoms with Crippen LogP contribution >= 0.6 is 11.6 Å². The molecule has 5 nitrogen and oxygen atoms in total. The second-order valence-corrected chi connectivity index (χ2v) is 5.53. The van der Waals surface area contributed by atoms with E-state index < -0.39 is 11.7 Å². The molecule has 108 valence electrons. The summed E-state index contributed by atoms with van der Waals surface area (Å²) in [7, 11) is 1.75. The fourth-order valence-electron chi connectivity index (χ4n) is 2.70. The molecule has 3 rings (SSSR count). The monoisotopic (exact) mass is 303 g/mol. The van der Waals surface area contributed by atoms with Crippen LogP contribution in [0.3, 0.4) is 0 Å². The molecular formula is C15H14ClN3O2. The normalized spacial score (nSPS) is 14.0. The van der Waals surface area contributed by atoms with Crippen molar-refractivity contribution in [1.82, 2.24) is 9.78 Å². The number of nitrogens with zero attached hydrogens (tertiary/aromatic N) is 3. The number of aromatic nitrogens is 2. The van der Waals surface area contributed by atoms with Gasteiger partial charge in [0.1, 0.15) is 5.15 Å². The number of hydrogen-bond donors (Lipinski definition) is 0. The molecule has 0 saturated carbocycles. The first-order valence-corrected chi connectivity index (χ1v) is 6.93. The Hall–Kier alpha value is -2.14. The third-order valence-electron chi connectivity index (χ3n) is 3.78.